The van der Waals surface area contributed by atoms with Gasteiger partial charge in [0.1, 0.15) is 5.82 Å². The Hall–Kier alpha value is -1.42. The lowest BCUT2D eigenvalue weighted by atomic mass is 9.99. The van der Waals surface area contributed by atoms with E-state index in [1.54, 1.807) is 18.2 Å². The van der Waals surface area contributed by atoms with Gasteiger partial charge >= 0.3 is 0 Å². The van der Waals surface area contributed by atoms with Gasteiger partial charge in [-0.1, -0.05) is 18.2 Å². The number of rotatable bonds is 4. The third-order valence-corrected chi connectivity index (χ3v) is 3.30. The molecule has 0 aromatic heterocycles. The van der Waals surface area contributed by atoms with Crippen molar-refractivity contribution < 1.29 is 9.18 Å². The maximum atomic E-state index is 13.4. The Morgan fingerprint density at radius 3 is 3.00 bits per heavy atom. The Morgan fingerprint density at radius 2 is 2.28 bits per heavy atom. The summed E-state index contributed by atoms with van der Waals surface area (Å²) in [7, 11) is 0. The zero-order valence-electron chi connectivity index (χ0n) is 10.4. The molecule has 0 radical (unpaired) electrons. The smallest absolute Gasteiger partial charge is 0.224 e. The minimum atomic E-state index is -0.313. The average molecular weight is 250 g/mol. The number of nitrogens with one attached hydrogen (secondary N) is 2. The van der Waals surface area contributed by atoms with E-state index in [-0.39, 0.29) is 18.1 Å². The Morgan fingerprint density at radius 1 is 1.44 bits per heavy atom. The van der Waals surface area contributed by atoms with Gasteiger partial charge in [-0.25, -0.2) is 4.39 Å². The summed E-state index contributed by atoms with van der Waals surface area (Å²) in [6.07, 6.45) is 2.42. The van der Waals surface area contributed by atoms with E-state index in [9.17, 15) is 9.18 Å². The van der Waals surface area contributed by atoms with Crippen molar-refractivity contribution in [2.75, 3.05) is 19.6 Å². The second kappa shape index (κ2) is 6.50. The van der Waals surface area contributed by atoms with Crippen molar-refractivity contribution in [1.29, 1.82) is 0 Å². The summed E-state index contributed by atoms with van der Waals surface area (Å²) in [4.78, 5) is 11.7. The van der Waals surface area contributed by atoms with Crippen LogP contribution >= 0.6 is 0 Å². The van der Waals surface area contributed by atoms with E-state index in [1.807, 2.05) is 0 Å². The molecule has 1 saturated heterocycles. The fourth-order valence-corrected chi connectivity index (χ4v) is 2.23. The molecule has 0 saturated carbocycles. The third-order valence-electron chi connectivity index (χ3n) is 3.30. The quantitative estimate of drug-likeness (QED) is 0.850. The van der Waals surface area contributed by atoms with Crippen molar-refractivity contribution in [1.82, 2.24) is 10.6 Å². The highest BCUT2D eigenvalue weighted by molar-refractivity contribution is 5.78. The van der Waals surface area contributed by atoms with E-state index in [1.165, 1.54) is 6.07 Å². The van der Waals surface area contributed by atoms with Crippen molar-refractivity contribution in [2.24, 2.45) is 5.92 Å². The molecule has 2 rings (SSSR count). The Labute approximate surface area is 107 Å². The second-order valence-corrected chi connectivity index (χ2v) is 4.78. The summed E-state index contributed by atoms with van der Waals surface area (Å²) in [5.41, 5.74) is 0.455. The zero-order chi connectivity index (χ0) is 12.8. The molecule has 0 aliphatic carbocycles. The number of hydrogen-bond acceptors (Lipinski definition) is 2. The molecule has 0 bridgehead atoms. The Kier molecular flexibility index (Phi) is 4.70. The van der Waals surface area contributed by atoms with Gasteiger partial charge in [0.25, 0.3) is 0 Å². The molecule has 2 N–H and O–H groups in total. The number of hydrogen-bond donors (Lipinski definition) is 2. The first-order valence-corrected chi connectivity index (χ1v) is 6.46. The Balaban J connectivity index is 1.76. The summed E-state index contributed by atoms with van der Waals surface area (Å²) < 4.78 is 13.4. The van der Waals surface area contributed by atoms with Gasteiger partial charge in [0.05, 0.1) is 6.42 Å². The maximum Gasteiger partial charge on any atom is 0.224 e. The highest BCUT2D eigenvalue weighted by Crippen LogP contribution is 2.09. The van der Waals surface area contributed by atoms with Crippen LogP contribution in [0.2, 0.25) is 0 Å². The fourth-order valence-electron chi connectivity index (χ4n) is 2.23. The first-order valence-electron chi connectivity index (χ1n) is 6.46. The lowest BCUT2D eigenvalue weighted by Crippen LogP contribution is -2.38. The molecule has 1 atom stereocenters. The van der Waals surface area contributed by atoms with Gasteiger partial charge in [-0.3, -0.25) is 4.79 Å². The molecule has 0 spiro atoms. The normalized spacial score (nSPS) is 19.5. The number of carbonyl (C=O) groups excluding carboxylic acids is 1. The first kappa shape index (κ1) is 13.0. The highest BCUT2D eigenvalue weighted by Gasteiger charge is 2.14. The highest BCUT2D eigenvalue weighted by atomic mass is 19.1. The van der Waals surface area contributed by atoms with Crippen LogP contribution in [0.1, 0.15) is 18.4 Å². The third kappa shape index (κ3) is 3.81. The van der Waals surface area contributed by atoms with Crippen LogP contribution in [0.25, 0.3) is 0 Å². The summed E-state index contributed by atoms with van der Waals surface area (Å²) in [5, 5.41) is 6.19. The van der Waals surface area contributed by atoms with Gasteiger partial charge < -0.3 is 10.6 Å². The van der Waals surface area contributed by atoms with Crippen LogP contribution in [0, 0.1) is 11.7 Å². The molecule has 1 aromatic carbocycles. The van der Waals surface area contributed by atoms with Crippen molar-refractivity contribution >= 4 is 5.91 Å². The van der Waals surface area contributed by atoms with Gasteiger partial charge in [-0.05, 0) is 43.5 Å². The monoisotopic (exact) mass is 250 g/mol. The van der Waals surface area contributed by atoms with E-state index in [2.05, 4.69) is 10.6 Å². The second-order valence-electron chi connectivity index (χ2n) is 4.78. The SMILES string of the molecule is O=C(Cc1ccccc1F)NCC1CCCNC1. The van der Waals surface area contributed by atoms with Crippen molar-refractivity contribution in [3.63, 3.8) is 0 Å². The molecule has 18 heavy (non-hydrogen) atoms. The largest absolute Gasteiger partial charge is 0.355 e. The van der Waals surface area contributed by atoms with E-state index >= 15 is 0 Å². The number of halogens is 1. The standard InChI is InChI=1S/C14H19FN2O/c15-13-6-2-1-5-12(13)8-14(18)17-10-11-4-3-7-16-9-11/h1-2,5-6,11,16H,3-4,7-10H2,(H,17,18). The van der Waals surface area contributed by atoms with Crippen molar-refractivity contribution in [3.05, 3.63) is 35.6 Å². The van der Waals surface area contributed by atoms with Crippen LogP contribution in [0.5, 0.6) is 0 Å². The molecule has 1 unspecified atom stereocenters. The average Bonchev–Trinajstić information content (AvgIpc) is 2.40. The molecule has 1 amide bonds. The van der Waals surface area contributed by atoms with Gasteiger partial charge in [-0.2, -0.15) is 0 Å². The van der Waals surface area contributed by atoms with Crippen molar-refractivity contribution in [3.8, 4) is 0 Å². The van der Waals surface area contributed by atoms with Gasteiger partial charge in [0.15, 0.2) is 0 Å². The van der Waals surface area contributed by atoms with Crippen LogP contribution in [0.15, 0.2) is 24.3 Å². The fraction of sp³-hybridized carbons (Fsp3) is 0.500. The molecule has 1 heterocycles. The zero-order valence-corrected chi connectivity index (χ0v) is 10.4. The van der Waals surface area contributed by atoms with E-state index in [0.29, 0.717) is 18.0 Å². The molecule has 98 valence electrons. The lowest BCUT2D eigenvalue weighted by Gasteiger charge is -2.22. The molecule has 1 aliphatic heterocycles. The first-order chi connectivity index (χ1) is 8.75. The molecule has 1 aromatic rings. The lowest BCUT2D eigenvalue weighted by molar-refractivity contribution is -0.120. The van der Waals surface area contributed by atoms with Crippen LogP contribution in [0.3, 0.4) is 0 Å². The summed E-state index contributed by atoms with van der Waals surface area (Å²) in [6, 6.07) is 6.41. The van der Waals surface area contributed by atoms with E-state index in [4.69, 9.17) is 0 Å². The Bertz CT molecular complexity index is 403. The minimum absolute atomic E-state index is 0.106. The molecule has 1 fully saturated rings. The maximum absolute atomic E-state index is 13.4. The van der Waals surface area contributed by atoms with E-state index < -0.39 is 0 Å². The van der Waals surface area contributed by atoms with Crippen LogP contribution in [-0.4, -0.2) is 25.5 Å². The number of carbonyl (C=O) groups is 1. The number of amides is 1. The van der Waals surface area contributed by atoms with Crippen LogP contribution in [-0.2, 0) is 11.2 Å². The molecule has 3 nitrogen and oxygen atoms in total. The van der Waals surface area contributed by atoms with Crippen LogP contribution in [0.4, 0.5) is 4.39 Å². The minimum Gasteiger partial charge on any atom is -0.355 e. The predicted molar refractivity (Wildman–Crippen MR) is 68.7 cm³/mol. The molecule has 1 aliphatic rings. The number of piperidine rings is 1. The summed E-state index contributed by atoms with van der Waals surface area (Å²) >= 11 is 0. The summed E-state index contributed by atoms with van der Waals surface area (Å²) in [5.74, 6) is 0.0842. The van der Waals surface area contributed by atoms with Crippen molar-refractivity contribution in [2.45, 2.75) is 19.3 Å². The molecular formula is C14H19FN2O. The number of benzene rings is 1. The van der Waals surface area contributed by atoms with Gasteiger partial charge in [0, 0.05) is 6.54 Å². The topological polar surface area (TPSA) is 41.1 Å². The molecule has 4 heteroatoms. The molecular weight excluding hydrogens is 231 g/mol. The summed E-state index contributed by atoms with van der Waals surface area (Å²) in [6.45, 7) is 2.71. The predicted octanol–water partition coefficient (Wildman–Crippen LogP) is 1.48. The van der Waals surface area contributed by atoms with Gasteiger partial charge in [-0.15, -0.1) is 0 Å². The van der Waals surface area contributed by atoms with Gasteiger partial charge in [0.2, 0.25) is 5.91 Å². The van der Waals surface area contributed by atoms with Crippen LogP contribution < -0.4 is 10.6 Å². The van der Waals surface area contributed by atoms with E-state index in [0.717, 1.165) is 25.9 Å².